The number of pyridine rings is 1. The Balaban J connectivity index is 2.06. The first-order chi connectivity index (χ1) is 11.8. The second-order valence-electron chi connectivity index (χ2n) is 6.06. The van der Waals surface area contributed by atoms with Gasteiger partial charge in [-0.3, -0.25) is 9.78 Å². The molecule has 25 heavy (non-hydrogen) atoms. The van der Waals surface area contributed by atoms with Gasteiger partial charge in [0, 0.05) is 6.26 Å². The highest BCUT2D eigenvalue weighted by Gasteiger charge is 2.31. The second kappa shape index (κ2) is 6.40. The Kier molecular flexibility index (Phi) is 4.43. The van der Waals surface area contributed by atoms with Gasteiger partial charge in [-0.05, 0) is 53.8 Å². The van der Waals surface area contributed by atoms with Crippen LogP contribution in [0, 0.1) is 11.7 Å². The number of hydrogen-bond donors (Lipinski definition) is 1. The summed E-state index contributed by atoms with van der Waals surface area (Å²) in [5.41, 5.74) is 2.83. The molecule has 0 saturated carbocycles. The number of nitrogens with zero attached hydrogens (tertiary/aromatic N) is 1. The van der Waals surface area contributed by atoms with Gasteiger partial charge in [-0.15, -0.1) is 0 Å². The van der Waals surface area contributed by atoms with Crippen LogP contribution in [-0.2, 0) is 14.6 Å². The number of rotatable bonds is 4. The minimum atomic E-state index is -3.30. The second-order valence-corrected chi connectivity index (χ2v) is 8.07. The molecule has 5 nitrogen and oxygen atoms in total. The number of aliphatic carboxylic acids is 1. The van der Waals surface area contributed by atoms with Gasteiger partial charge in [0.1, 0.15) is 5.82 Å². The maximum absolute atomic E-state index is 13.1. The lowest BCUT2D eigenvalue weighted by molar-refractivity contribution is -0.141. The maximum Gasteiger partial charge on any atom is 0.307 e. The van der Waals surface area contributed by atoms with Crippen LogP contribution in [0.3, 0.4) is 0 Å². The quantitative estimate of drug-likeness (QED) is 0.905. The summed E-state index contributed by atoms with van der Waals surface area (Å²) in [7, 11) is -3.30. The van der Waals surface area contributed by atoms with Crippen molar-refractivity contribution >= 4 is 27.0 Å². The summed E-state index contributed by atoms with van der Waals surface area (Å²) in [6.07, 6.45) is 2.85. The Labute approximate surface area is 144 Å². The van der Waals surface area contributed by atoms with Crippen LogP contribution in [0.5, 0.6) is 0 Å². The molecule has 1 aromatic heterocycles. The molecule has 1 atom stereocenters. The predicted molar refractivity (Wildman–Crippen MR) is 90.9 cm³/mol. The lowest BCUT2D eigenvalue weighted by Gasteiger charge is -2.08. The number of carboxylic acid groups (broad SMARTS) is 1. The van der Waals surface area contributed by atoms with Crippen LogP contribution >= 0.6 is 0 Å². The number of carbonyl (C=O) groups is 1. The van der Waals surface area contributed by atoms with E-state index in [0.29, 0.717) is 18.5 Å². The molecule has 130 valence electrons. The van der Waals surface area contributed by atoms with Crippen molar-refractivity contribution in [3.63, 3.8) is 0 Å². The van der Waals surface area contributed by atoms with Crippen molar-refractivity contribution in [2.45, 2.75) is 17.7 Å². The molecule has 0 saturated heterocycles. The third-order valence-electron chi connectivity index (χ3n) is 4.28. The average Bonchev–Trinajstić information content (AvgIpc) is 3.00. The molecule has 2 aromatic rings. The molecule has 1 aliphatic rings. The molecule has 0 radical (unpaired) electrons. The first-order valence-electron chi connectivity index (χ1n) is 7.63. The van der Waals surface area contributed by atoms with Gasteiger partial charge in [-0.2, -0.15) is 0 Å². The van der Waals surface area contributed by atoms with E-state index >= 15 is 0 Å². The van der Waals surface area contributed by atoms with E-state index in [9.17, 15) is 22.7 Å². The lowest BCUT2D eigenvalue weighted by atomic mass is 9.99. The summed E-state index contributed by atoms with van der Waals surface area (Å²) in [4.78, 5) is 15.7. The van der Waals surface area contributed by atoms with Gasteiger partial charge in [0.25, 0.3) is 0 Å². The van der Waals surface area contributed by atoms with Crippen LogP contribution in [0.1, 0.15) is 24.1 Å². The summed E-state index contributed by atoms with van der Waals surface area (Å²) in [6.45, 7) is 0. The Bertz CT molecular complexity index is 948. The number of halogens is 1. The van der Waals surface area contributed by atoms with E-state index in [1.54, 1.807) is 12.1 Å². The first-order valence-corrected chi connectivity index (χ1v) is 9.52. The zero-order chi connectivity index (χ0) is 18.2. The van der Waals surface area contributed by atoms with E-state index in [0.717, 1.165) is 29.2 Å². The number of hydrogen-bond acceptors (Lipinski definition) is 4. The van der Waals surface area contributed by atoms with E-state index in [4.69, 9.17) is 0 Å². The van der Waals surface area contributed by atoms with Crippen LogP contribution in [0.4, 0.5) is 4.39 Å². The average molecular weight is 361 g/mol. The van der Waals surface area contributed by atoms with Crippen molar-refractivity contribution < 1.29 is 22.7 Å². The minimum absolute atomic E-state index is 0.200. The molecule has 1 unspecified atom stereocenters. The van der Waals surface area contributed by atoms with E-state index in [1.807, 2.05) is 0 Å². The molecule has 3 rings (SSSR count). The molecular formula is C18H16FNO4S. The third kappa shape index (κ3) is 3.61. The molecule has 0 spiro atoms. The van der Waals surface area contributed by atoms with Gasteiger partial charge in [0.15, 0.2) is 9.84 Å². The molecular weight excluding hydrogens is 345 g/mol. The largest absolute Gasteiger partial charge is 0.481 e. The van der Waals surface area contributed by atoms with Gasteiger partial charge in [0.2, 0.25) is 0 Å². The van der Waals surface area contributed by atoms with E-state index < -0.39 is 27.5 Å². The topological polar surface area (TPSA) is 84.3 Å². The molecule has 7 heteroatoms. The molecule has 1 N–H and O–H groups in total. The smallest absolute Gasteiger partial charge is 0.307 e. The zero-order valence-corrected chi connectivity index (χ0v) is 14.3. The Hall–Kier alpha value is -2.54. The van der Waals surface area contributed by atoms with Crippen molar-refractivity contribution in [1.29, 1.82) is 0 Å². The SMILES string of the molecule is CS(=O)(=O)c1ccc(C2=C(c3ccc(F)cn3)CC(C(=O)O)C2)cc1. The van der Waals surface area contributed by atoms with Gasteiger partial charge >= 0.3 is 5.97 Å². The van der Waals surface area contributed by atoms with E-state index in [-0.39, 0.29) is 4.90 Å². The van der Waals surface area contributed by atoms with Crippen LogP contribution < -0.4 is 0 Å². The third-order valence-corrected chi connectivity index (χ3v) is 5.41. The normalized spacial score (nSPS) is 17.8. The minimum Gasteiger partial charge on any atom is -0.481 e. The fourth-order valence-electron chi connectivity index (χ4n) is 2.99. The van der Waals surface area contributed by atoms with E-state index in [2.05, 4.69) is 4.98 Å². The number of allylic oxidation sites excluding steroid dienone is 2. The Morgan fingerprint density at radius 1 is 1.12 bits per heavy atom. The fourth-order valence-corrected chi connectivity index (χ4v) is 3.63. The van der Waals surface area contributed by atoms with Crippen molar-refractivity contribution in [1.82, 2.24) is 4.98 Å². The molecule has 1 aliphatic carbocycles. The molecule has 0 fully saturated rings. The summed E-state index contributed by atoms with van der Waals surface area (Å²) in [6, 6.07) is 9.15. The van der Waals surface area contributed by atoms with Crippen LogP contribution in [0.15, 0.2) is 47.5 Å². The number of carboxylic acids is 1. The highest BCUT2D eigenvalue weighted by molar-refractivity contribution is 7.90. The first kappa shape index (κ1) is 17.3. The highest BCUT2D eigenvalue weighted by atomic mass is 32.2. The van der Waals surface area contributed by atoms with E-state index in [1.165, 1.54) is 24.3 Å². The number of benzene rings is 1. The summed E-state index contributed by atoms with van der Waals surface area (Å²) < 4.78 is 36.3. The van der Waals surface area contributed by atoms with Crippen molar-refractivity contribution in [2.24, 2.45) is 5.92 Å². The summed E-state index contributed by atoms with van der Waals surface area (Å²) in [5, 5.41) is 9.35. The van der Waals surface area contributed by atoms with Crippen LogP contribution in [0.25, 0.3) is 11.1 Å². The summed E-state index contributed by atoms with van der Waals surface area (Å²) >= 11 is 0. The maximum atomic E-state index is 13.1. The fraction of sp³-hybridized carbons (Fsp3) is 0.222. The molecule has 0 bridgehead atoms. The highest BCUT2D eigenvalue weighted by Crippen LogP contribution is 2.42. The van der Waals surface area contributed by atoms with Gasteiger partial charge in [-0.25, -0.2) is 12.8 Å². The lowest BCUT2D eigenvalue weighted by Crippen LogP contribution is -2.09. The zero-order valence-electron chi connectivity index (χ0n) is 13.4. The van der Waals surface area contributed by atoms with Crippen molar-refractivity contribution in [3.05, 3.63) is 59.7 Å². The van der Waals surface area contributed by atoms with Crippen molar-refractivity contribution in [3.8, 4) is 0 Å². The van der Waals surface area contributed by atoms with Gasteiger partial charge < -0.3 is 5.11 Å². The van der Waals surface area contributed by atoms with Crippen LogP contribution in [0.2, 0.25) is 0 Å². The molecule has 1 aromatic carbocycles. The van der Waals surface area contributed by atoms with Gasteiger partial charge in [0.05, 0.1) is 22.7 Å². The van der Waals surface area contributed by atoms with Gasteiger partial charge in [-0.1, -0.05) is 12.1 Å². The predicted octanol–water partition coefficient (Wildman–Crippen LogP) is 3.03. The molecule has 1 heterocycles. The monoisotopic (exact) mass is 361 g/mol. The van der Waals surface area contributed by atoms with Crippen molar-refractivity contribution in [2.75, 3.05) is 6.26 Å². The van der Waals surface area contributed by atoms with Crippen LogP contribution in [-0.4, -0.2) is 30.7 Å². The summed E-state index contributed by atoms with van der Waals surface area (Å²) in [5.74, 6) is -1.94. The number of sulfone groups is 1. The Morgan fingerprint density at radius 2 is 1.76 bits per heavy atom. The Morgan fingerprint density at radius 3 is 2.28 bits per heavy atom. The number of aromatic nitrogens is 1. The standard InChI is InChI=1S/C18H16FNO4S/c1-25(23,24)14-5-2-11(3-6-14)15-8-12(18(21)22)9-16(15)17-7-4-13(19)10-20-17/h2-7,10,12H,8-9H2,1H3,(H,21,22). The molecule has 0 amide bonds. The molecule has 0 aliphatic heterocycles.